The molecule has 6 heteroatoms. The molecule has 3 rings (SSSR count). The van der Waals surface area contributed by atoms with Crippen LogP contribution in [0.5, 0.6) is 0 Å². The van der Waals surface area contributed by atoms with Crippen LogP contribution in [-0.4, -0.2) is 10.9 Å². The topological polar surface area (TPSA) is 55.1 Å². The van der Waals surface area contributed by atoms with E-state index in [1.165, 1.54) is 18.2 Å². The first-order valence-corrected chi connectivity index (χ1v) is 7.60. The van der Waals surface area contributed by atoms with Gasteiger partial charge in [0.1, 0.15) is 11.3 Å². The Balaban J connectivity index is 1.94. The zero-order valence-electron chi connectivity index (χ0n) is 12.4. The average Bonchev–Trinajstić information content (AvgIpc) is 2.90. The average molecular weight is 333 g/mol. The molecule has 3 aromatic rings. The number of nitrogens with one attached hydrogen (secondary N) is 1. The highest BCUT2D eigenvalue weighted by Crippen LogP contribution is 2.31. The third-order valence-electron chi connectivity index (χ3n) is 3.31. The van der Waals surface area contributed by atoms with E-state index >= 15 is 0 Å². The fourth-order valence-corrected chi connectivity index (χ4v) is 2.48. The predicted octanol–water partition coefficient (Wildman–Crippen LogP) is 5.03. The van der Waals surface area contributed by atoms with Gasteiger partial charge in [-0.2, -0.15) is 0 Å². The highest BCUT2D eigenvalue weighted by Gasteiger charge is 2.13. The minimum atomic E-state index is -0.421. The molecule has 0 spiro atoms. The van der Waals surface area contributed by atoms with Gasteiger partial charge in [-0.05, 0) is 42.8 Å². The van der Waals surface area contributed by atoms with Crippen LogP contribution < -0.4 is 5.32 Å². The number of carbonyl (C=O) groups is 1. The lowest BCUT2D eigenvalue weighted by atomic mass is 10.2. The van der Waals surface area contributed by atoms with E-state index in [1.807, 2.05) is 6.92 Å². The van der Waals surface area contributed by atoms with Gasteiger partial charge in [-0.3, -0.25) is 4.79 Å². The summed E-state index contributed by atoms with van der Waals surface area (Å²) < 4.78 is 18.8. The number of benzene rings is 2. The molecule has 1 amide bonds. The Morgan fingerprint density at radius 3 is 2.87 bits per heavy atom. The minimum absolute atomic E-state index is 0.0443. The third-order valence-corrected chi connectivity index (χ3v) is 3.62. The first-order valence-electron chi connectivity index (χ1n) is 7.22. The zero-order valence-corrected chi connectivity index (χ0v) is 13.2. The van der Waals surface area contributed by atoms with Crippen molar-refractivity contribution in [3.63, 3.8) is 0 Å². The number of hydrogen-bond donors (Lipinski definition) is 1. The maximum atomic E-state index is 13.1. The van der Waals surface area contributed by atoms with Crippen LogP contribution in [-0.2, 0) is 4.79 Å². The molecular formula is C17H14ClFN2O2. The van der Waals surface area contributed by atoms with Gasteiger partial charge in [0.15, 0.2) is 5.58 Å². The number of amides is 1. The molecule has 0 radical (unpaired) electrons. The maximum absolute atomic E-state index is 13.1. The molecule has 0 unspecified atom stereocenters. The summed E-state index contributed by atoms with van der Waals surface area (Å²) >= 11 is 6.03. The summed E-state index contributed by atoms with van der Waals surface area (Å²) in [6.45, 7) is 1.94. The van der Waals surface area contributed by atoms with Crippen molar-refractivity contribution < 1.29 is 13.6 Å². The Hall–Kier alpha value is -2.40. The van der Waals surface area contributed by atoms with Crippen molar-refractivity contribution in [1.29, 1.82) is 0 Å². The molecule has 0 saturated heterocycles. The van der Waals surface area contributed by atoms with Crippen LogP contribution in [0.15, 0.2) is 40.8 Å². The highest BCUT2D eigenvalue weighted by atomic mass is 35.5. The van der Waals surface area contributed by atoms with Crippen LogP contribution >= 0.6 is 11.6 Å². The molecule has 0 atom stereocenters. The van der Waals surface area contributed by atoms with Gasteiger partial charge in [0.25, 0.3) is 0 Å². The van der Waals surface area contributed by atoms with Crippen molar-refractivity contribution >= 4 is 34.3 Å². The Morgan fingerprint density at radius 2 is 2.13 bits per heavy atom. The summed E-state index contributed by atoms with van der Waals surface area (Å²) in [6, 6.07) is 9.23. The van der Waals surface area contributed by atoms with Crippen molar-refractivity contribution in [1.82, 2.24) is 4.98 Å². The SMILES string of the molecule is CCCC(=O)Nc1ccc2oc(-c3ccc(F)cc3Cl)nc2c1. The van der Waals surface area contributed by atoms with Crippen molar-refractivity contribution in [3.05, 3.63) is 47.2 Å². The van der Waals surface area contributed by atoms with Gasteiger partial charge in [0.05, 0.1) is 10.6 Å². The Labute approximate surface area is 137 Å². The number of anilines is 1. The smallest absolute Gasteiger partial charge is 0.228 e. The molecule has 0 saturated carbocycles. The molecular weight excluding hydrogens is 319 g/mol. The first-order chi connectivity index (χ1) is 11.1. The van der Waals surface area contributed by atoms with Crippen molar-refractivity contribution in [2.24, 2.45) is 0 Å². The first kappa shape index (κ1) is 15.5. The molecule has 23 heavy (non-hydrogen) atoms. The summed E-state index contributed by atoms with van der Waals surface area (Å²) in [5, 5.41) is 3.04. The minimum Gasteiger partial charge on any atom is -0.436 e. The van der Waals surface area contributed by atoms with E-state index in [0.717, 1.165) is 6.42 Å². The van der Waals surface area contributed by atoms with E-state index in [9.17, 15) is 9.18 Å². The van der Waals surface area contributed by atoms with Gasteiger partial charge < -0.3 is 9.73 Å². The number of hydrogen-bond acceptors (Lipinski definition) is 3. The van der Waals surface area contributed by atoms with Crippen LogP contribution in [0.3, 0.4) is 0 Å². The summed E-state index contributed by atoms with van der Waals surface area (Å²) in [5.74, 6) is -0.157. The molecule has 0 aliphatic rings. The van der Waals surface area contributed by atoms with Gasteiger partial charge in [-0.25, -0.2) is 9.37 Å². The molecule has 1 heterocycles. The van der Waals surface area contributed by atoms with E-state index in [4.69, 9.17) is 16.0 Å². The molecule has 0 aliphatic heterocycles. The molecule has 2 aromatic carbocycles. The number of rotatable bonds is 4. The largest absolute Gasteiger partial charge is 0.436 e. The standard InChI is InChI=1S/C17H14ClFN2O2/c1-2-3-16(22)20-11-5-7-15-14(9-11)21-17(23-15)12-6-4-10(19)8-13(12)18/h4-9H,2-3H2,1H3,(H,20,22). The monoisotopic (exact) mass is 332 g/mol. The second-order valence-electron chi connectivity index (χ2n) is 5.12. The van der Waals surface area contributed by atoms with Crippen molar-refractivity contribution in [3.8, 4) is 11.5 Å². The molecule has 1 N–H and O–H groups in total. The second kappa shape index (κ2) is 6.38. The second-order valence-corrected chi connectivity index (χ2v) is 5.53. The van der Waals surface area contributed by atoms with Crippen molar-refractivity contribution in [2.45, 2.75) is 19.8 Å². The fraction of sp³-hybridized carbons (Fsp3) is 0.176. The third kappa shape index (κ3) is 3.35. The maximum Gasteiger partial charge on any atom is 0.228 e. The van der Waals surface area contributed by atoms with Crippen LogP contribution in [0.25, 0.3) is 22.6 Å². The Morgan fingerprint density at radius 1 is 1.30 bits per heavy atom. The zero-order chi connectivity index (χ0) is 16.4. The number of carbonyl (C=O) groups excluding carboxylic acids is 1. The van der Waals surface area contributed by atoms with E-state index < -0.39 is 5.82 Å². The number of oxazole rings is 1. The summed E-state index contributed by atoms with van der Waals surface area (Å²) in [5.41, 5.74) is 2.32. The van der Waals surface area contributed by atoms with Gasteiger partial charge in [-0.1, -0.05) is 18.5 Å². The summed E-state index contributed by atoms with van der Waals surface area (Å²) in [7, 11) is 0. The van der Waals surface area contributed by atoms with E-state index in [2.05, 4.69) is 10.3 Å². The number of nitrogens with zero attached hydrogens (tertiary/aromatic N) is 1. The highest BCUT2D eigenvalue weighted by molar-refractivity contribution is 6.33. The summed E-state index contributed by atoms with van der Waals surface area (Å²) in [6.07, 6.45) is 1.25. The number of fused-ring (bicyclic) bond motifs is 1. The fourth-order valence-electron chi connectivity index (χ4n) is 2.23. The van der Waals surface area contributed by atoms with E-state index in [-0.39, 0.29) is 10.9 Å². The van der Waals surface area contributed by atoms with E-state index in [1.54, 1.807) is 18.2 Å². The summed E-state index contributed by atoms with van der Waals surface area (Å²) in [4.78, 5) is 16.0. The number of aromatic nitrogens is 1. The number of halogens is 2. The Bertz CT molecular complexity index is 876. The van der Waals surface area contributed by atoms with Gasteiger partial charge in [0.2, 0.25) is 11.8 Å². The molecule has 0 fully saturated rings. The molecule has 118 valence electrons. The van der Waals surface area contributed by atoms with Crippen molar-refractivity contribution in [2.75, 3.05) is 5.32 Å². The van der Waals surface area contributed by atoms with Crippen LogP contribution in [0.1, 0.15) is 19.8 Å². The van der Waals surface area contributed by atoms with Crippen LogP contribution in [0, 0.1) is 5.82 Å². The van der Waals surface area contributed by atoms with Gasteiger partial charge >= 0.3 is 0 Å². The molecule has 0 aliphatic carbocycles. The lowest BCUT2D eigenvalue weighted by molar-refractivity contribution is -0.116. The van der Waals surface area contributed by atoms with Crippen LogP contribution in [0.2, 0.25) is 5.02 Å². The van der Waals surface area contributed by atoms with Gasteiger partial charge in [0, 0.05) is 12.1 Å². The predicted molar refractivity (Wildman–Crippen MR) is 88.0 cm³/mol. The quantitative estimate of drug-likeness (QED) is 0.729. The molecule has 1 aromatic heterocycles. The van der Waals surface area contributed by atoms with Gasteiger partial charge in [-0.15, -0.1) is 0 Å². The lowest BCUT2D eigenvalue weighted by Crippen LogP contribution is -2.10. The van der Waals surface area contributed by atoms with E-state index in [0.29, 0.717) is 34.7 Å². The van der Waals surface area contributed by atoms with Crippen LogP contribution in [0.4, 0.5) is 10.1 Å². The Kier molecular flexibility index (Phi) is 4.30. The lowest BCUT2D eigenvalue weighted by Gasteiger charge is -2.02. The molecule has 0 bridgehead atoms. The normalized spacial score (nSPS) is 10.9. The molecule has 4 nitrogen and oxygen atoms in total.